The number of nitrogens with zero attached hydrogens (tertiary/aromatic N) is 3. The normalized spacial score (nSPS) is 25.8. The maximum atomic E-state index is 12.0. The largest absolute Gasteiger partial charge is 0.394 e. The van der Waals surface area contributed by atoms with Crippen molar-refractivity contribution in [3.63, 3.8) is 0 Å². The zero-order valence-electron chi connectivity index (χ0n) is 8.96. The van der Waals surface area contributed by atoms with Crippen molar-refractivity contribution < 1.29 is 14.6 Å². The van der Waals surface area contributed by atoms with Gasteiger partial charge in [-0.3, -0.25) is 9.89 Å². The summed E-state index contributed by atoms with van der Waals surface area (Å²) in [5.74, 6) is -0.00260. The number of carbonyl (C=O) groups excluding carboxylic acids is 1. The first-order valence-electron chi connectivity index (χ1n) is 5.11. The molecule has 16 heavy (non-hydrogen) atoms. The van der Waals surface area contributed by atoms with E-state index in [2.05, 4.69) is 15.2 Å². The van der Waals surface area contributed by atoms with Crippen LogP contribution in [0.15, 0.2) is 6.33 Å². The highest BCUT2D eigenvalue weighted by atomic mass is 16.5. The molecule has 0 aliphatic carbocycles. The van der Waals surface area contributed by atoms with Crippen LogP contribution in [0.2, 0.25) is 0 Å². The monoisotopic (exact) mass is 226 g/mol. The second kappa shape index (κ2) is 4.58. The van der Waals surface area contributed by atoms with E-state index >= 15 is 0 Å². The maximum absolute atomic E-state index is 12.0. The molecular weight excluding hydrogens is 212 g/mol. The molecule has 1 amide bonds. The number of hydrogen-bond donors (Lipinski definition) is 2. The van der Waals surface area contributed by atoms with Gasteiger partial charge in [0.15, 0.2) is 0 Å². The minimum Gasteiger partial charge on any atom is -0.394 e. The van der Waals surface area contributed by atoms with E-state index in [0.29, 0.717) is 13.2 Å². The van der Waals surface area contributed by atoms with Crippen molar-refractivity contribution in [1.82, 2.24) is 20.1 Å². The van der Waals surface area contributed by atoms with Gasteiger partial charge >= 0.3 is 0 Å². The summed E-state index contributed by atoms with van der Waals surface area (Å²) in [5, 5.41) is 15.2. The highest BCUT2D eigenvalue weighted by molar-refractivity contribution is 5.90. The third-order valence-corrected chi connectivity index (χ3v) is 2.59. The SMILES string of the molecule is CC1COC(CO)CN1C(=O)c1ncn[nH]1. The Morgan fingerprint density at radius 1 is 1.81 bits per heavy atom. The van der Waals surface area contributed by atoms with Crippen LogP contribution in [-0.4, -0.2) is 63.0 Å². The van der Waals surface area contributed by atoms with Gasteiger partial charge in [0.1, 0.15) is 6.33 Å². The van der Waals surface area contributed by atoms with Gasteiger partial charge in [-0.2, -0.15) is 5.10 Å². The average molecular weight is 226 g/mol. The number of nitrogens with one attached hydrogen (secondary N) is 1. The van der Waals surface area contributed by atoms with E-state index in [4.69, 9.17) is 9.84 Å². The summed E-state index contributed by atoms with van der Waals surface area (Å²) < 4.78 is 5.35. The summed E-state index contributed by atoms with van der Waals surface area (Å²) in [7, 11) is 0. The van der Waals surface area contributed by atoms with Crippen LogP contribution in [-0.2, 0) is 4.74 Å². The summed E-state index contributed by atoms with van der Waals surface area (Å²) in [4.78, 5) is 17.4. The van der Waals surface area contributed by atoms with Gasteiger partial charge in [0.25, 0.3) is 5.91 Å². The molecule has 0 radical (unpaired) electrons. The van der Waals surface area contributed by atoms with E-state index in [9.17, 15) is 4.79 Å². The first kappa shape index (κ1) is 11.0. The molecule has 1 aromatic heterocycles. The number of aromatic amines is 1. The summed E-state index contributed by atoms with van der Waals surface area (Å²) in [6.45, 7) is 2.59. The lowest BCUT2D eigenvalue weighted by Crippen LogP contribution is -2.52. The average Bonchev–Trinajstić information content (AvgIpc) is 2.82. The van der Waals surface area contributed by atoms with Crippen molar-refractivity contribution in [2.45, 2.75) is 19.1 Å². The molecule has 1 aliphatic rings. The third kappa shape index (κ3) is 2.05. The van der Waals surface area contributed by atoms with E-state index in [1.807, 2.05) is 6.92 Å². The number of H-pyrrole nitrogens is 1. The van der Waals surface area contributed by atoms with Crippen molar-refractivity contribution in [3.8, 4) is 0 Å². The molecule has 88 valence electrons. The van der Waals surface area contributed by atoms with Crippen LogP contribution in [0.25, 0.3) is 0 Å². The van der Waals surface area contributed by atoms with Crippen LogP contribution in [0.4, 0.5) is 0 Å². The zero-order chi connectivity index (χ0) is 11.5. The smallest absolute Gasteiger partial charge is 0.291 e. The Hall–Kier alpha value is -1.47. The van der Waals surface area contributed by atoms with Crippen LogP contribution in [0.5, 0.6) is 0 Å². The first-order chi connectivity index (χ1) is 7.72. The molecule has 2 rings (SSSR count). The number of carbonyl (C=O) groups is 1. The molecule has 1 aliphatic heterocycles. The Labute approximate surface area is 92.4 Å². The third-order valence-electron chi connectivity index (χ3n) is 2.59. The fourth-order valence-corrected chi connectivity index (χ4v) is 1.66. The molecule has 1 saturated heterocycles. The minimum atomic E-state index is -0.317. The summed E-state index contributed by atoms with van der Waals surface area (Å²) in [6, 6.07) is -0.0274. The number of aliphatic hydroxyl groups is 1. The molecule has 7 nitrogen and oxygen atoms in total. The lowest BCUT2D eigenvalue weighted by atomic mass is 10.2. The molecule has 0 bridgehead atoms. The highest BCUT2D eigenvalue weighted by Crippen LogP contribution is 2.13. The van der Waals surface area contributed by atoms with E-state index < -0.39 is 0 Å². The van der Waals surface area contributed by atoms with Gasteiger partial charge in [-0.05, 0) is 6.92 Å². The Morgan fingerprint density at radius 3 is 3.25 bits per heavy atom. The van der Waals surface area contributed by atoms with E-state index in [0.717, 1.165) is 0 Å². The Morgan fingerprint density at radius 2 is 2.62 bits per heavy atom. The molecule has 2 unspecified atom stereocenters. The second-order valence-electron chi connectivity index (χ2n) is 3.78. The van der Waals surface area contributed by atoms with Crippen LogP contribution in [0.3, 0.4) is 0 Å². The molecule has 0 aromatic carbocycles. The summed E-state index contributed by atoms with van der Waals surface area (Å²) >= 11 is 0. The number of morpholine rings is 1. The first-order valence-corrected chi connectivity index (χ1v) is 5.11. The number of hydrogen-bond acceptors (Lipinski definition) is 5. The number of ether oxygens (including phenoxy) is 1. The molecule has 0 spiro atoms. The summed E-state index contributed by atoms with van der Waals surface area (Å²) in [6.07, 6.45) is 0.977. The number of aliphatic hydroxyl groups excluding tert-OH is 1. The lowest BCUT2D eigenvalue weighted by Gasteiger charge is -2.36. The minimum absolute atomic E-state index is 0.0274. The van der Waals surface area contributed by atoms with Gasteiger partial charge < -0.3 is 14.7 Å². The van der Waals surface area contributed by atoms with E-state index in [1.165, 1.54) is 6.33 Å². The molecule has 2 atom stereocenters. The molecule has 0 saturated carbocycles. The summed E-state index contributed by atoms with van der Waals surface area (Å²) in [5.41, 5.74) is 0. The van der Waals surface area contributed by atoms with Crippen LogP contribution >= 0.6 is 0 Å². The number of aromatic nitrogens is 3. The van der Waals surface area contributed by atoms with Gasteiger partial charge in [-0.15, -0.1) is 0 Å². The molecule has 2 heterocycles. The standard InChI is InChI=1S/C9H14N4O3/c1-6-4-16-7(3-14)2-13(6)9(15)8-10-5-11-12-8/h5-7,14H,2-4H2,1H3,(H,10,11,12). The van der Waals surface area contributed by atoms with Crippen LogP contribution in [0.1, 0.15) is 17.5 Å². The maximum Gasteiger partial charge on any atom is 0.291 e. The van der Waals surface area contributed by atoms with Gasteiger partial charge in [0, 0.05) is 6.54 Å². The molecule has 1 aromatic rings. The Bertz CT molecular complexity index is 354. The van der Waals surface area contributed by atoms with Crippen LogP contribution < -0.4 is 0 Å². The number of rotatable bonds is 2. The predicted molar refractivity (Wildman–Crippen MR) is 53.7 cm³/mol. The van der Waals surface area contributed by atoms with Gasteiger partial charge in [0.2, 0.25) is 5.82 Å². The Kier molecular flexibility index (Phi) is 3.16. The lowest BCUT2D eigenvalue weighted by molar-refractivity contribution is -0.0670. The van der Waals surface area contributed by atoms with E-state index in [1.54, 1.807) is 4.90 Å². The zero-order valence-corrected chi connectivity index (χ0v) is 8.96. The van der Waals surface area contributed by atoms with E-state index in [-0.39, 0.29) is 30.5 Å². The van der Waals surface area contributed by atoms with Crippen molar-refractivity contribution >= 4 is 5.91 Å². The fraction of sp³-hybridized carbons (Fsp3) is 0.667. The Balaban J connectivity index is 2.09. The topological polar surface area (TPSA) is 91.3 Å². The predicted octanol–water partition coefficient (Wildman–Crippen LogP) is -0.974. The van der Waals surface area contributed by atoms with Gasteiger partial charge in [-0.1, -0.05) is 0 Å². The van der Waals surface area contributed by atoms with Crippen molar-refractivity contribution in [2.24, 2.45) is 0 Å². The molecule has 1 fully saturated rings. The van der Waals surface area contributed by atoms with Gasteiger partial charge in [-0.25, -0.2) is 4.98 Å². The van der Waals surface area contributed by atoms with Crippen molar-refractivity contribution in [3.05, 3.63) is 12.2 Å². The number of amides is 1. The second-order valence-corrected chi connectivity index (χ2v) is 3.78. The quantitative estimate of drug-likeness (QED) is 0.676. The van der Waals surface area contributed by atoms with Gasteiger partial charge in [0.05, 0.1) is 25.4 Å². The van der Waals surface area contributed by atoms with Crippen LogP contribution in [0, 0.1) is 0 Å². The van der Waals surface area contributed by atoms with Crippen molar-refractivity contribution in [1.29, 1.82) is 0 Å². The fourth-order valence-electron chi connectivity index (χ4n) is 1.66. The molecule has 7 heteroatoms. The molecular formula is C9H14N4O3. The van der Waals surface area contributed by atoms with Crippen molar-refractivity contribution in [2.75, 3.05) is 19.8 Å². The molecule has 2 N–H and O–H groups in total. The highest BCUT2D eigenvalue weighted by Gasteiger charge is 2.30.